The molecule has 0 aromatic carbocycles. The fraction of sp³-hybridized carbons (Fsp3) is 0.500. The van der Waals surface area contributed by atoms with Crippen LogP contribution in [0.3, 0.4) is 0 Å². The highest BCUT2D eigenvalue weighted by molar-refractivity contribution is 6.35. The van der Waals surface area contributed by atoms with Gasteiger partial charge in [0.05, 0.1) is 0 Å². The molecule has 0 spiro atoms. The van der Waals surface area contributed by atoms with E-state index in [9.17, 15) is 0 Å². The summed E-state index contributed by atoms with van der Waals surface area (Å²) < 4.78 is 0. The van der Waals surface area contributed by atoms with Gasteiger partial charge in [0.2, 0.25) is 0 Å². The van der Waals surface area contributed by atoms with Crippen molar-refractivity contribution in [2.45, 2.75) is 0 Å². The van der Waals surface area contributed by atoms with E-state index in [1.165, 1.54) is 6.33 Å². The molecular weight excluding hydrogens is 202 g/mol. The monoisotopic (exact) mass is 213 g/mol. The molecule has 0 unspecified atom stereocenters. The van der Waals surface area contributed by atoms with Crippen molar-refractivity contribution in [3.8, 4) is 0 Å². The molecule has 3 N–H and O–H groups in total. The lowest BCUT2D eigenvalue weighted by molar-refractivity contribution is 0.585. The molecule has 6 heteroatoms. The number of nitrogens with two attached hydrogens (primary N) is 1. The average molecular weight is 214 g/mol. The number of piperazine rings is 1. The molecule has 1 aromatic rings. The SMILES string of the molecule is Nc1ncnc(N2CCNCC2)c1Cl. The van der Waals surface area contributed by atoms with Gasteiger partial charge in [-0.15, -0.1) is 0 Å². The van der Waals surface area contributed by atoms with Gasteiger partial charge >= 0.3 is 0 Å². The highest BCUT2D eigenvalue weighted by atomic mass is 35.5. The third-order valence-corrected chi connectivity index (χ3v) is 2.58. The van der Waals surface area contributed by atoms with Gasteiger partial charge in [-0.25, -0.2) is 9.97 Å². The quantitative estimate of drug-likeness (QED) is 0.694. The summed E-state index contributed by atoms with van der Waals surface area (Å²) in [7, 11) is 0. The van der Waals surface area contributed by atoms with Crippen LogP contribution in [0.2, 0.25) is 5.02 Å². The molecule has 0 saturated carbocycles. The van der Waals surface area contributed by atoms with Crippen molar-refractivity contribution in [2.24, 2.45) is 0 Å². The van der Waals surface area contributed by atoms with Crippen LogP contribution in [0.25, 0.3) is 0 Å². The van der Waals surface area contributed by atoms with E-state index in [2.05, 4.69) is 20.2 Å². The van der Waals surface area contributed by atoms with Gasteiger partial charge in [0, 0.05) is 26.2 Å². The molecule has 1 saturated heterocycles. The standard InChI is InChI=1S/C8H12ClN5/c9-6-7(10)12-5-13-8(6)14-3-1-11-2-4-14/h5,11H,1-4H2,(H2,10,12,13). The van der Waals surface area contributed by atoms with E-state index >= 15 is 0 Å². The number of anilines is 2. The summed E-state index contributed by atoms with van der Waals surface area (Å²) in [6.45, 7) is 3.69. The zero-order valence-electron chi connectivity index (χ0n) is 7.70. The second-order valence-corrected chi connectivity index (χ2v) is 3.51. The van der Waals surface area contributed by atoms with Crippen LogP contribution in [0.15, 0.2) is 6.33 Å². The van der Waals surface area contributed by atoms with Gasteiger partial charge in [0.15, 0.2) is 5.82 Å². The van der Waals surface area contributed by atoms with E-state index in [1.54, 1.807) is 0 Å². The number of rotatable bonds is 1. The molecule has 1 aliphatic rings. The highest BCUT2D eigenvalue weighted by Gasteiger charge is 2.16. The summed E-state index contributed by atoms with van der Waals surface area (Å²) in [6.07, 6.45) is 1.44. The lowest BCUT2D eigenvalue weighted by Crippen LogP contribution is -2.44. The van der Waals surface area contributed by atoms with Gasteiger partial charge in [0.1, 0.15) is 17.2 Å². The van der Waals surface area contributed by atoms with E-state index in [4.69, 9.17) is 17.3 Å². The second-order valence-electron chi connectivity index (χ2n) is 3.13. The number of hydrogen-bond acceptors (Lipinski definition) is 5. The van der Waals surface area contributed by atoms with E-state index in [0.29, 0.717) is 10.8 Å². The van der Waals surface area contributed by atoms with E-state index < -0.39 is 0 Å². The Balaban J connectivity index is 2.26. The first-order chi connectivity index (χ1) is 6.79. The number of nitrogens with one attached hydrogen (secondary N) is 1. The fourth-order valence-corrected chi connectivity index (χ4v) is 1.69. The lowest BCUT2D eigenvalue weighted by Gasteiger charge is -2.28. The molecular formula is C8H12ClN5. The Morgan fingerprint density at radius 1 is 1.36 bits per heavy atom. The van der Waals surface area contributed by atoms with Crippen molar-refractivity contribution >= 4 is 23.2 Å². The van der Waals surface area contributed by atoms with E-state index in [-0.39, 0.29) is 0 Å². The van der Waals surface area contributed by atoms with Crippen LogP contribution < -0.4 is 16.0 Å². The summed E-state index contributed by atoms with van der Waals surface area (Å²) >= 11 is 6.01. The molecule has 1 aliphatic heterocycles. The van der Waals surface area contributed by atoms with Crippen molar-refractivity contribution in [1.29, 1.82) is 0 Å². The van der Waals surface area contributed by atoms with Gasteiger partial charge < -0.3 is 16.0 Å². The van der Waals surface area contributed by atoms with Crippen molar-refractivity contribution in [3.05, 3.63) is 11.3 Å². The first kappa shape index (κ1) is 9.48. The van der Waals surface area contributed by atoms with Crippen LogP contribution in [0.1, 0.15) is 0 Å². The maximum Gasteiger partial charge on any atom is 0.153 e. The minimum atomic E-state index is 0.343. The molecule has 1 fully saturated rings. The molecule has 0 aliphatic carbocycles. The molecule has 2 heterocycles. The highest BCUT2D eigenvalue weighted by Crippen LogP contribution is 2.26. The van der Waals surface area contributed by atoms with Crippen LogP contribution in [-0.2, 0) is 0 Å². The summed E-state index contributed by atoms with van der Waals surface area (Å²) in [4.78, 5) is 10.1. The predicted octanol–water partition coefficient (Wildman–Crippen LogP) is 0.122. The molecule has 76 valence electrons. The fourth-order valence-electron chi connectivity index (χ4n) is 1.47. The van der Waals surface area contributed by atoms with Crippen LogP contribution >= 0.6 is 11.6 Å². The molecule has 0 radical (unpaired) electrons. The van der Waals surface area contributed by atoms with Crippen LogP contribution in [0.4, 0.5) is 11.6 Å². The lowest BCUT2D eigenvalue weighted by atomic mass is 10.3. The van der Waals surface area contributed by atoms with E-state index in [0.717, 1.165) is 32.0 Å². The largest absolute Gasteiger partial charge is 0.382 e. The van der Waals surface area contributed by atoms with Gasteiger partial charge in [-0.2, -0.15) is 0 Å². The Hall–Kier alpha value is -1.07. The molecule has 5 nitrogen and oxygen atoms in total. The van der Waals surface area contributed by atoms with Crippen molar-refractivity contribution in [3.63, 3.8) is 0 Å². The average Bonchev–Trinajstić information content (AvgIpc) is 2.23. The molecule has 14 heavy (non-hydrogen) atoms. The van der Waals surface area contributed by atoms with Crippen LogP contribution in [-0.4, -0.2) is 36.1 Å². The zero-order valence-corrected chi connectivity index (χ0v) is 8.46. The maximum absolute atomic E-state index is 6.01. The molecule has 2 rings (SSSR count). The summed E-state index contributed by atoms with van der Waals surface area (Å²) in [5.41, 5.74) is 5.60. The Morgan fingerprint density at radius 3 is 2.79 bits per heavy atom. The van der Waals surface area contributed by atoms with Crippen LogP contribution in [0, 0.1) is 0 Å². The Morgan fingerprint density at radius 2 is 2.07 bits per heavy atom. The minimum Gasteiger partial charge on any atom is -0.382 e. The number of aromatic nitrogens is 2. The first-order valence-corrected chi connectivity index (χ1v) is 4.88. The van der Waals surface area contributed by atoms with Gasteiger partial charge in [-0.05, 0) is 0 Å². The number of halogens is 1. The molecule has 0 bridgehead atoms. The Kier molecular flexibility index (Phi) is 2.69. The van der Waals surface area contributed by atoms with E-state index in [1.807, 2.05) is 0 Å². The summed E-state index contributed by atoms with van der Waals surface area (Å²) in [5.74, 6) is 1.08. The third kappa shape index (κ3) is 1.73. The topological polar surface area (TPSA) is 67.1 Å². The second kappa shape index (κ2) is 3.98. The third-order valence-electron chi connectivity index (χ3n) is 2.21. The molecule has 0 amide bonds. The maximum atomic E-state index is 6.01. The van der Waals surface area contributed by atoms with Gasteiger partial charge in [0.25, 0.3) is 0 Å². The summed E-state index contributed by atoms with van der Waals surface area (Å²) in [5, 5.41) is 3.71. The zero-order chi connectivity index (χ0) is 9.97. The van der Waals surface area contributed by atoms with Crippen molar-refractivity contribution in [2.75, 3.05) is 36.8 Å². The van der Waals surface area contributed by atoms with Gasteiger partial charge in [-0.1, -0.05) is 11.6 Å². The molecule has 0 atom stereocenters. The number of hydrogen-bond donors (Lipinski definition) is 2. The summed E-state index contributed by atoms with van der Waals surface area (Å²) in [6, 6.07) is 0. The smallest absolute Gasteiger partial charge is 0.153 e. The van der Waals surface area contributed by atoms with Gasteiger partial charge in [-0.3, -0.25) is 0 Å². The van der Waals surface area contributed by atoms with Crippen molar-refractivity contribution in [1.82, 2.24) is 15.3 Å². The van der Waals surface area contributed by atoms with Crippen LogP contribution in [0.5, 0.6) is 0 Å². The minimum absolute atomic E-state index is 0.343. The Bertz CT molecular complexity index is 324. The number of nitrogens with zero attached hydrogens (tertiary/aromatic N) is 3. The van der Waals surface area contributed by atoms with Crippen molar-refractivity contribution < 1.29 is 0 Å². The Labute approximate surface area is 87.3 Å². The normalized spacial score (nSPS) is 17.1. The first-order valence-electron chi connectivity index (χ1n) is 4.50. The number of nitrogen functional groups attached to an aromatic ring is 1. The predicted molar refractivity (Wildman–Crippen MR) is 56.5 cm³/mol. The molecule has 1 aromatic heterocycles.